The third-order valence-electron chi connectivity index (χ3n) is 9.08. The van der Waals surface area contributed by atoms with Gasteiger partial charge in [0.25, 0.3) is 0 Å². The van der Waals surface area contributed by atoms with E-state index < -0.39 is 24.7 Å². The maximum atomic E-state index is 12.6. The van der Waals surface area contributed by atoms with Crippen LogP contribution in [0.1, 0.15) is 194 Å². The minimum atomic E-state index is -0.932. The molecule has 0 saturated carbocycles. The molecule has 0 fully saturated rings. The van der Waals surface area contributed by atoms with Crippen molar-refractivity contribution in [3.8, 4) is 0 Å². The van der Waals surface area contributed by atoms with Crippen molar-refractivity contribution in [3.05, 3.63) is 0 Å². The van der Waals surface area contributed by atoms with Gasteiger partial charge in [-0.1, -0.05) is 168 Å². The molecule has 0 heterocycles. The average Bonchev–Trinajstić information content (AvgIpc) is 3.10. The molecule has 2 atom stereocenters. The minimum absolute atomic E-state index is 0.0520. The summed E-state index contributed by atoms with van der Waals surface area (Å²) >= 11 is 1.52. The summed E-state index contributed by atoms with van der Waals surface area (Å²) in [5, 5.41) is 11.7. The molecule has 0 aliphatic heterocycles. The molecule has 1 amide bonds. The SMILES string of the molecule is CCCCCCCCCCCCCCCC(=O)OC[C@H](CSCCNC(=O)[C@H](N)CO)OC(=O)CCCCCCCCCCCCCCC. The third kappa shape index (κ3) is 34.9. The molecular weight excluding hydrogens is 637 g/mol. The smallest absolute Gasteiger partial charge is 0.306 e. The second kappa shape index (κ2) is 37.9. The van der Waals surface area contributed by atoms with Crippen LogP contribution in [0.5, 0.6) is 0 Å². The first-order chi connectivity index (χ1) is 23.9. The Kier molecular flexibility index (Phi) is 36.9. The van der Waals surface area contributed by atoms with Crippen molar-refractivity contribution in [2.75, 3.05) is 31.3 Å². The lowest BCUT2D eigenvalue weighted by Crippen LogP contribution is -2.43. The molecule has 0 radical (unpaired) electrons. The van der Waals surface area contributed by atoms with E-state index in [-0.39, 0.29) is 18.5 Å². The molecule has 0 aliphatic carbocycles. The summed E-state index contributed by atoms with van der Waals surface area (Å²) in [6.45, 7) is 4.55. The average molecular weight is 715 g/mol. The van der Waals surface area contributed by atoms with Gasteiger partial charge < -0.3 is 25.6 Å². The van der Waals surface area contributed by atoms with E-state index in [1.165, 1.54) is 140 Å². The van der Waals surface area contributed by atoms with E-state index in [2.05, 4.69) is 19.2 Å². The largest absolute Gasteiger partial charge is 0.462 e. The fourth-order valence-corrected chi connectivity index (χ4v) is 6.71. The number of unbranched alkanes of at least 4 members (excludes halogenated alkanes) is 24. The van der Waals surface area contributed by atoms with Gasteiger partial charge in [0.1, 0.15) is 18.8 Å². The fourth-order valence-electron chi connectivity index (χ4n) is 5.87. The van der Waals surface area contributed by atoms with Gasteiger partial charge in [-0.2, -0.15) is 11.8 Å². The van der Waals surface area contributed by atoms with Crippen LogP contribution in [-0.2, 0) is 23.9 Å². The zero-order valence-electron chi connectivity index (χ0n) is 32.0. The molecule has 49 heavy (non-hydrogen) atoms. The number of rotatable bonds is 38. The fraction of sp³-hybridized carbons (Fsp3) is 0.925. The molecule has 0 rings (SSSR count). The van der Waals surface area contributed by atoms with Crippen LogP contribution in [0.25, 0.3) is 0 Å². The Bertz CT molecular complexity index is 756. The lowest BCUT2D eigenvalue weighted by Gasteiger charge is -2.18. The van der Waals surface area contributed by atoms with Crippen LogP contribution >= 0.6 is 11.8 Å². The monoisotopic (exact) mass is 715 g/mol. The van der Waals surface area contributed by atoms with Crippen LogP contribution in [-0.4, -0.2) is 66.4 Å². The van der Waals surface area contributed by atoms with Crippen LogP contribution in [0.4, 0.5) is 0 Å². The Hall–Kier alpha value is -1.32. The predicted molar refractivity (Wildman–Crippen MR) is 207 cm³/mol. The quantitative estimate of drug-likeness (QED) is 0.0426. The number of ether oxygens (including phenoxy) is 2. The summed E-state index contributed by atoms with van der Waals surface area (Å²) in [5.74, 6) is 0.174. The van der Waals surface area contributed by atoms with Crippen LogP contribution in [0.15, 0.2) is 0 Å². The number of carbonyl (C=O) groups excluding carboxylic acids is 3. The Morgan fingerprint density at radius 1 is 0.612 bits per heavy atom. The highest BCUT2D eigenvalue weighted by molar-refractivity contribution is 7.99. The predicted octanol–water partition coefficient (Wildman–Crippen LogP) is 9.57. The number of hydrogen-bond donors (Lipinski definition) is 3. The summed E-state index contributed by atoms with van der Waals surface area (Å²) in [5.41, 5.74) is 5.53. The molecule has 8 nitrogen and oxygen atoms in total. The first kappa shape index (κ1) is 47.7. The molecule has 0 saturated heterocycles. The standard InChI is InChI=1S/C40H78N2O6S/c1-3-5-7-9-11-13-15-17-19-21-23-25-27-29-38(44)47-34-36(35-49-32-31-42-40(46)37(41)33-43)48-39(45)30-28-26-24-22-20-18-16-14-12-10-8-6-4-2/h36-37,43H,3-35,41H2,1-2H3,(H,42,46)/t36-,37-/m1/s1. The lowest BCUT2D eigenvalue weighted by atomic mass is 10.0. The minimum Gasteiger partial charge on any atom is -0.462 e. The number of aliphatic hydroxyl groups excluding tert-OH is 1. The van der Waals surface area contributed by atoms with Crippen LogP contribution < -0.4 is 11.1 Å². The Labute approximate surface area is 305 Å². The van der Waals surface area contributed by atoms with E-state index in [0.717, 1.165) is 38.5 Å². The number of hydrogen-bond acceptors (Lipinski definition) is 8. The maximum Gasteiger partial charge on any atom is 0.306 e. The van der Waals surface area contributed by atoms with Crippen molar-refractivity contribution in [1.82, 2.24) is 5.32 Å². The zero-order valence-corrected chi connectivity index (χ0v) is 32.8. The van der Waals surface area contributed by atoms with E-state index in [9.17, 15) is 14.4 Å². The molecule has 0 bridgehead atoms. The van der Waals surface area contributed by atoms with Gasteiger partial charge in [0, 0.05) is 30.9 Å². The van der Waals surface area contributed by atoms with E-state index in [0.29, 0.717) is 30.9 Å². The molecule has 0 aliphatic rings. The highest BCUT2D eigenvalue weighted by Gasteiger charge is 2.18. The number of nitrogens with one attached hydrogen (secondary N) is 1. The molecule has 0 aromatic heterocycles. The molecular formula is C40H78N2O6S. The first-order valence-electron chi connectivity index (χ1n) is 20.5. The van der Waals surface area contributed by atoms with Gasteiger partial charge in [0.05, 0.1) is 6.61 Å². The van der Waals surface area contributed by atoms with Crippen molar-refractivity contribution >= 4 is 29.6 Å². The molecule has 9 heteroatoms. The highest BCUT2D eigenvalue weighted by atomic mass is 32.2. The molecule has 4 N–H and O–H groups in total. The third-order valence-corrected chi connectivity index (χ3v) is 10.2. The van der Waals surface area contributed by atoms with Gasteiger partial charge in [-0.15, -0.1) is 0 Å². The van der Waals surface area contributed by atoms with Gasteiger partial charge in [0.2, 0.25) is 5.91 Å². The Balaban J connectivity index is 4.20. The number of thioether (sulfide) groups is 1. The van der Waals surface area contributed by atoms with Crippen molar-refractivity contribution < 1.29 is 29.0 Å². The molecule has 290 valence electrons. The van der Waals surface area contributed by atoms with E-state index >= 15 is 0 Å². The van der Waals surface area contributed by atoms with Crippen molar-refractivity contribution in [2.45, 2.75) is 206 Å². The Morgan fingerprint density at radius 2 is 1.00 bits per heavy atom. The number of aliphatic hydroxyl groups is 1. The van der Waals surface area contributed by atoms with Gasteiger partial charge in [-0.05, 0) is 12.8 Å². The van der Waals surface area contributed by atoms with Crippen LogP contribution in [0, 0.1) is 0 Å². The summed E-state index contributed by atoms with van der Waals surface area (Å²) in [6, 6.07) is -0.932. The van der Waals surface area contributed by atoms with E-state index in [4.69, 9.17) is 20.3 Å². The maximum absolute atomic E-state index is 12.6. The van der Waals surface area contributed by atoms with E-state index in [1.54, 1.807) is 0 Å². The van der Waals surface area contributed by atoms with E-state index in [1.807, 2.05) is 0 Å². The number of amides is 1. The second-order valence-electron chi connectivity index (χ2n) is 13.9. The molecule has 0 spiro atoms. The van der Waals surface area contributed by atoms with Gasteiger partial charge >= 0.3 is 11.9 Å². The molecule has 0 aromatic rings. The van der Waals surface area contributed by atoms with Crippen molar-refractivity contribution in [1.29, 1.82) is 0 Å². The summed E-state index contributed by atoms with van der Waals surface area (Å²) in [7, 11) is 0. The number of nitrogens with two attached hydrogens (primary N) is 1. The Morgan fingerprint density at radius 3 is 1.41 bits per heavy atom. The second-order valence-corrected chi connectivity index (χ2v) is 15.1. The van der Waals surface area contributed by atoms with Crippen LogP contribution in [0.3, 0.4) is 0 Å². The van der Waals surface area contributed by atoms with Gasteiger partial charge in [-0.25, -0.2) is 0 Å². The van der Waals surface area contributed by atoms with Gasteiger partial charge in [-0.3, -0.25) is 14.4 Å². The normalized spacial score (nSPS) is 12.5. The molecule has 0 unspecified atom stereocenters. The number of esters is 2. The summed E-state index contributed by atoms with van der Waals surface area (Å²) in [6.07, 6.45) is 32.9. The lowest BCUT2D eigenvalue weighted by molar-refractivity contribution is -0.157. The van der Waals surface area contributed by atoms with Crippen molar-refractivity contribution in [2.24, 2.45) is 5.73 Å². The zero-order chi connectivity index (χ0) is 36.0. The molecule has 0 aromatic carbocycles. The van der Waals surface area contributed by atoms with Gasteiger partial charge in [0.15, 0.2) is 0 Å². The topological polar surface area (TPSA) is 128 Å². The summed E-state index contributed by atoms with van der Waals surface area (Å²) < 4.78 is 11.3. The van der Waals surface area contributed by atoms with Crippen LogP contribution in [0.2, 0.25) is 0 Å². The van der Waals surface area contributed by atoms with Crippen molar-refractivity contribution in [3.63, 3.8) is 0 Å². The number of carbonyl (C=O) groups is 3. The first-order valence-corrected chi connectivity index (χ1v) is 21.7. The summed E-state index contributed by atoms with van der Waals surface area (Å²) in [4.78, 5) is 36.8. The highest BCUT2D eigenvalue weighted by Crippen LogP contribution is 2.16.